The van der Waals surface area contributed by atoms with E-state index in [1.54, 1.807) is 22.0 Å². The summed E-state index contributed by atoms with van der Waals surface area (Å²) in [6.07, 6.45) is 2.34. The topological polar surface area (TPSA) is 59.3 Å². The molecule has 0 aliphatic heterocycles. The van der Waals surface area contributed by atoms with E-state index in [4.69, 9.17) is 0 Å². The van der Waals surface area contributed by atoms with Crippen LogP contribution in [0.4, 0.5) is 5.82 Å². The van der Waals surface area contributed by atoms with Gasteiger partial charge < -0.3 is 5.32 Å². The van der Waals surface area contributed by atoms with Gasteiger partial charge in [-0.05, 0) is 32.9 Å². The first-order valence-corrected chi connectivity index (χ1v) is 7.57. The highest BCUT2D eigenvalue weighted by molar-refractivity contribution is 7.15. The summed E-state index contributed by atoms with van der Waals surface area (Å²) in [7, 11) is 0. The Morgan fingerprint density at radius 3 is 2.81 bits per heavy atom. The van der Waals surface area contributed by atoms with Gasteiger partial charge in [0, 0.05) is 17.0 Å². The summed E-state index contributed by atoms with van der Waals surface area (Å²) >= 11 is 1.68. The molecule has 0 atom stereocenters. The number of rotatable bonds is 4. The summed E-state index contributed by atoms with van der Waals surface area (Å²) in [4.78, 5) is 18.1. The van der Waals surface area contributed by atoms with E-state index in [1.165, 1.54) is 4.88 Å². The summed E-state index contributed by atoms with van der Waals surface area (Å²) in [5, 5.41) is 7.60. The number of carbonyl (C=O) groups is 1. The fourth-order valence-electron chi connectivity index (χ4n) is 2.16. The standard InChI is InChI=1S/C15H16N4OS/c1-9(2)17-14-6-12(13-5-4-10(3)21-13)18-15-11(8-20)7-16-19(14)15/h4-9,17H,1-3H3. The van der Waals surface area contributed by atoms with Crippen LogP contribution >= 0.6 is 11.3 Å². The van der Waals surface area contributed by atoms with Gasteiger partial charge in [0.15, 0.2) is 11.9 Å². The number of aryl methyl sites for hydroxylation is 1. The molecule has 0 amide bonds. The maximum absolute atomic E-state index is 11.2. The largest absolute Gasteiger partial charge is 0.368 e. The monoisotopic (exact) mass is 300 g/mol. The molecule has 0 radical (unpaired) electrons. The first kappa shape index (κ1) is 13.8. The van der Waals surface area contributed by atoms with Gasteiger partial charge in [0.1, 0.15) is 5.82 Å². The predicted octanol–water partition coefficient (Wildman–Crippen LogP) is 3.40. The zero-order valence-corrected chi connectivity index (χ0v) is 12.9. The number of carbonyl (C=O) groups excluding carboxylic acids is 1. The SMILES string of the molecule is Cc1ccc(-c2cc(NC(C)C)n3ncc(C=O)c3n2)s1. The van der Waals surface area contributed by atoms with Gasteiger partial charge >= 0.3 is 0 Å². The molecule has 0 spiro atoms. The molecule has 6 heteroatoms. The van der Waals surface area contributed by atoms with E-state index in [1.807, 2.05) is 6.07 Å². The molecular weight excluding hydrogens is 284 g/mol. The fraction of sp³-hybridized carbons (Fsp3) is 0.267. The molecule has 108 valence electrons. The molecule has 3 heterocycles. The normalized spacial score (nSPS) is 11.2. The van der Waals surface area contributed by atoms with E-state index in [0.717, 1.165) is 22.7 Å². The van der Waals surface area contributed by atoms with Gasteiger partial charge in [0.05, 0.1) is 22.3 Å². The van der Waals surface area contributed by atoms with Crippen molar-refractivity contribution in [2.75, 3.05) is 5.32 Å². The lowest BCUT2D eigenvalue weighted by Crippen LogP contribution is -2.14. The van der Waals surface area contributed by atoms with Gasteiger partial charge in [0.25, 0.3) is 0 Å². The number of fused-ring (bicyclic) bond motifs is 1. The van der Waals surface area contributed by atoms with Gasteiger partial charge in [-0.3, -0.25) is 4.79 Å². The molecule has 0 aliphatic carbocycles. The van der Waals surface area contributed by atoms with Crippen LogP contribution in [0.3, 0.4) is 0 Å². The van der Waals surface area contributed by atoms with E-state index < -0.39 is 0 Å². The lowest BCUT2D eigenvalue weighted by molar-refractivity contribution is 0.112. The van der Waals surface area contributed by atoms with Gasteiger partial charge in [-0.15, -0.1) is 11.3 Å². The van der Waals surface area contributed by atoms with E-state index in [2.05, 4.69) is 48.3 Å². The predicted molar refractivity (Wildman–Crippen MR) is 85.2 cm³/mol. The Morgan fingerprint density at radius 2 is 2.19 bits per heavy atom. The van der Waals surface area contributed by atoms with Crippen molar-refractivity contribution in [3.63, 3.8) is 0 Å². The Balaban J connectivity index is 2.23. The third-order valence-electron chi connectivity index (χ3n) is 3.06. The number of nitrogens with zero attached hydrogens (tertiary/aromatic N) is 3. The summed E-state index contributed by atoms with van der Waals surface area (Å²) < 4.78 is 1.67. The third kappa shape index (κ3) is 2.54. The summed E-state index contributed by atoms with van der Waals surface area (Å²) in [6, 6.07) is 6.35. The quantitative estimate of drug-likeness (QED) is 0.750. The average molecular weight is 300 g/mol. The summed E-state index contributed by atoms with van der Waals surface area (Å²) in [5.41, 5.74) is 1.93. The second-order valence-corrected chi connectivity index (χ2v) is 6.48. The lowest BCUT2D eigenvalue weighted by Gasteiger charge is -2.12. The van der Waals surface area contributed by atoms with Gasteiger partial charge in [0.2, 0.25) is 0 Å². The Bertz CT molecular complexity index is 803. The van der Waals surface area contributed by atoms with Crippen molar-refractivity contribution in [2.45, 2.75) is 26.8 Å². The minimum atomic E-state index is 0.261. The van der Waals surface area contributed by atoms with Gasteiger partial charge in [-0.2, -0.15) is 9.61 Å². The molecular formula is C15H16N4OS. The Labute approximate surface area is 126 Å². The highest BCUT2D eigenvalue weighted by Gasteiger charge is 2.13. The number of aromatic nitrogens is 3. The van der Waals surface area contributed by atoms with Crippen LogP contribution in [0, 0.1) is 6.92 Å². The zero-order valence-electron chi connectivity index (χ0n) is 12.1. The van der Waals surface area contributed by atoms with Crippen molar-refractivity contribution < 1.29 is 4.79 Å². The average Bonchev–Trinajstić information content (AvgIpc) is 3.03. The van der Waals surface area contributed by atoms with Crippen LogP contribution in [-0.2, 0) is 0 Å². The molecule has 1 N–H and O–H groups in total. The Morgan fingerprint density at radius 1 is 1.38 bits per heavy atom. The zero-order chi connectivity index (χ0) is 15.0. The van der Waals surface area contributed by atoms with Crippen molar-refractivity contribution in [1.29, 1.82) is 0 Å². The molecule has 21 heavy (non-hydrogen) atoms. The van der Waals surface area contributed by atoms with Gasteiger partial charge in [-0.25, -0.2) is 4.98 Å². The molecule has 3 aromatic rings. The second kappa shape index (κ2) is 5.29. The van der Waals surface area contributed by atoms with Crippen LogP contribution in [0.2, 0.25) is 0 Å². The molecule has 3 aromatic heterocycles. The molecule has 0 bridgehead atoms. The molecule has 0 saturated carbocycles. The first-order valence-electron chi connectivity index (χ1n) is 6.76. The van der Waals surface area contributed by atoms with Crippen molar-refractivity contribution in [2.24, 2.45) is 0 Å². The highest BCUT2D eigenvalue weighted by Crippen LogP contribution is 2.29. The number of nitrogens with one attached hydrogen (secondary N) is 1. The van der Waals surface area contributed by atoms with Crippen LogP contribution in [0.15, 0.2) is 24.4 Å². The molecule has 5 nitrogen and oxygen atoms in total. The first-order chi connectivity index (χ1) is 10.1. The van der Waals surface area contributed by atoms with Crippen LogP contribution in [0.25, 0.3) is 16.2 Å². The van der Waals surface area contributed by atoms with Crippen LogP contribution < -0.4 is 5.32 Å². The second-order valence-electron chi connectivity index (χ2n) is 5.19. The van der Waals surface area contributed by atoms with E-state index >= 15 is 0 Å². The third-order valence-corrected chi connectivity index (χ3v) is 4.08. The molecule has 0 saturated heterocycles. The van der Waals surface area contributed by atoms with Crippen molar-refractivity contribution in [1.82, 2.24) is 14.6 Å². The van der Waals surface area contributed by atoms with E-state index in [0.29, 0.717) is 11.2 Å². The fourth-order valence-corrected chi connectivity index (χ4v) is 2.99. The van der Waals surface area contributed by atoms with E-state index in [9.17, 15) is 4.79 Å². The number of anilines is 1. The number of aldehydes is 1. The smallest absolute Gasteiger partial charge is 0.168 e. The van der Waals surface area contributed by atoms with Crippen molar-refractivity contribution in [3.05, 3.63) is 34.8 Å². The minimum absolute atomic E-state index is 0.261. The molecule has 0 aliphatic rings. The molecule has 0 aromatic carbocycles. The number of hydrogen-bond donors (Lipinski definition) is 1. The number of thiophene rings is 1. The van der Waals surface area contributed by atoms with Crippen LogP contribution in [0.1, 0.15) is 29.1 Å². The Kier molecular flexibility index (Phi) is 3.47. The summed E-state index contributed by atoms with van der Waals surface area (Å²) in [6.45, 7) is 6.19. The van der Waals surface area contributed by atoms with Crippen molar-refractivity contribution >= 4 is 29.1 Å². The van der Waals surface area contributed by atoms with Crippen LogP contribution in [0.5, 0.6) is 0 Å². The Hall–Kier alpha value is -2.21. The maximum atomic E-state index is 11.2. The number of hydrogen-bond acceptors (Lipinski definition) is 5. The minimum Gasteiger partial charge on any atom is -0.368 e. The molecule has 0 fully saturated rings. The highest BCUT2D eigenvalue weighted by atomic mass is 32.1. The van der Waals surface area contributed by atoms with Gasteiger partial charge in [-0.1, -0.05) is 0 Å². The lowest BCUT2D eigenvalue weighted by atomic mass is 10.3. The maximum Gasteiger partial charge on any atom is 0.168 e. The molecule has 0 unspecified atom stereocenters. The van der Waals surface area contributed by atoms with E-state index in [-0.39, 0.29) is 6.04 Å². The molecule has 3 rings (SSSR count). The van der Waals surface area contributed by atoms with Crippen LogP contribution in [-0.4, -0.2) is 26.9 Å². The van der Waals surface area contributed by atoms with Crippen molar-refractivity contribution in [3.8, 4) is 10.6 Å². The summed E-state index contributed by atoms with van der Waals surface area (Å²) in [5.74, 6) is 0.837.